The van der Waals surface area contributed by atoms with Crippen LogP contribution >= 0.6 is 23.8 Å². The van der Waals surface area contributed by atoms with E-state index in [4.69, 9.17) is 23.8 Å². The van der Waals surface area contributed by atoms with Crippen molar-refractivity contribution in [1.29, 1.82) is 0 Å². The summed E-state index contributed by atoms with van der Waals surface area (Å²) in [5.41, 5.74) is 1.71. The summed E-state index contributed by atoms with van der Waals surface area (Å²) in [7, 11) is -1.04. The molecule has 1 amide bonds. The van der Waals surface area contributed by atoms with Gasteiger partial charge in [0.05, 0.1) is 21.6 Å². The Morgan fingerprint density at radius 3 is 2.56 bits per heavy atom. The summed E-state index contributed by atoms with van der Waals surface area (Å²) in [6.45, 7) is 0. The maximum absolute atomic E-state index is 12.9. The molecule has 3 rings (SSSR count). The third kappa shape index (κ3) is 4.95. The number of nitrogens with one attached hydrogen (secondary N) is 2. The van der Waals surface area contributed by atoms with E-state index in [0.717, 1.165) is 35.3 Å². The fourth-order valence-corrected chi connectivity index (χ4v) is 4.30. The monoisotopic (exact) mass is 505 g/mol. The molecule has 0 atom stereocenters. The van der Waals surface area contributed by atoms with Gasteiger partial charge >= 0.3 is 6.18 Å². The van der Waals surface area contributed by atoms with Crippen molar-refractivity contribution >= 4 is 57.1 Å². The van der Waals surface area contributed by atoms with Gasteiger partial charge in [0.25, 0.3) is 15.9 Å². The van der Waals surface area contributed by atoms with E-state index < -0.39 is 27.7 Å². The molecule has 1 heterocycles. The van der Waals surface area contributed by atoms with Crippen molar-refractivity contribution in [2.45, 2.75) is 11.1 Å². The first-order valence-corrected chi connectivity index (χ1v) is 10.9. The summed E-state index contributed by atoms with van der Waals surface area (Å²) in [6.07, 6.45) is -3.48. The minimum atomic E-state index is -4.55. The van der Waals surface area contributed by atoms with Crippen LogP contribution in [-0.2, 0) is 16.2 Å². The second-order valence-electron chi connectivity index (χ2n) is 6.74. The number of halogens is 4. The van der Waals surface area contributed by atoms with Crippen molar-refractivity contribution in [3.05, 3.63) is 57.3 Å². The summed E-state index contributed by atoms with van der Waals surface area (Å²) in [6, 6.07) is 6.41. The molecule has 0 spiro atoms. The molecule has 0 saturated carbocycles. The molecule has 0 radical (unpaired) electrons. The lowest BCUT2D eigenvalue weighted by atomic mass is 10.2. The lowest BCUT2D eigenvalue weighted by molar-refractivity contribution is -0.137. The topological polar surface area (TPSA) is 99.6 Å². The zero-order valence-electron chi connectivity index (χ0n) is 16.4. The highest BCUT2D eigenvalue weighted by atomic mass is 35.5. The standard InChI is InChI=1S/C18H15ClF3N5O3S2/c1-26(2)9-23-32(29,30)15-7-10(3-5-12(15)19)16(28)25-27-14-6-4-11(18(20,21)22)8-13(14)24-17(27)31/h3-9H,1-2H3,(H,24,31)(H,25,28). The van der Waals surface area contributed by atoms with Crippen molar-refractivity contribution < 1.29 is 26.4 Å². The fourth-order valence-electron chi connectivity index (χ4n) is 2.62. The van der Waals surface area contributed by atoms with Gasteiger partial charge in [-0.05, 0) is 48.6 Å². The number of imidazole rings is 1. The highest BCUT2D eigenvalue weighted by molar-refractivity contribution is 7.90. The molecule has 14 heteroatoms. The first kappa shape index (κ1) is 23.8. The Labute approximate surface area is 190 Å². The van der Waals surface area contributed by atoms with Crippen LogP contribution in [0.15, 0.2) is 45.7 Å². The zero-order chi connectivity index (χ0) is 23.8. The number of alkyl halides is 3. The van der Waals surface area contributed by atoms with Gasteiger partial charge in [0.15, 0.2) is 4.77 Å². The Bertz CT molecular complexity index is 1400. The number of nitrogens with zero attached hydrogens (tertiary/aromatic N) is 3. The van der Waals surface area contributed by atoms with Crippen molar-refractivity contribution in [2.75, 3.05) is 19.5 Å². The van der Waals surface area contributed by atoms with Gasteiger partial charge in [-0.2, -0.15) is 21.6 Å². The molecule has 0 unspecified atom stereocenters. The summed E-state index contributed by atoms with van der Waals surface area (Å²) in [5.74, 6) is -0.772. The molecule has 3 aromatic rings. The summed E-state index contributed by atoms with van der Waals surface area (Å²) >= 11 is 11.1. The van der Waals surface area contributed by atoms with Gasteiger partial charge in [-0.15, -0.1) is 4.40 Å². The van der Waals surface area contributed by atoms with Crippen LogP contribution in [0.5, 0.6) is 0 Å². The van der Waals surface area contributed by atoms with Crippen LogP contribution in [0.3, 0.4) is 0 Å². The third-order valence-electron chi connectivity index (χ3n) is 4.11. The molecule has 2 aromatic carbocycles. The number of hydrogen-bond acceptors (Lipinski definition) is 4. The molecule has 0 saturated heterocycles. The molecular weight excluding hydrogens is 491 g/mol. The van der Waals surface area contributed by atoms with Gasteiger partial charge in [0.2, 0.25) is 0 Å². The molecule has 170 valence electrons. The number of hydrogen-bond donors (Lipinski definition) is 2. The molecule has 0 aliphatic carbocycles. The summed E-state index contributed by atoms with van der Waals surface area (Å²) in [5, 5.41) is -0.138. The summed E-state index contributed by atoms with van der Waals surface area (Å²) in [4.78, 5) is 16.3. The Balaban J connectivity index is 1.97. The second kappa shape index (κ2) is 8.56. The van der Waals surface area contributed by atoms with E-state index in [1.807, 2.05) is 0 Å². The first-order valence-electron chi connectivity index (χ1n) is 8.69. The normalized spacial score (nSPS) is 12.4. The first-order chi connectivity index (χ1) is 14.8. The molecule has 0 aliphatic heterocycles. The number of H-pyrrole nitrogens is 1. The van der Waals surface area contributed by atoms with E-state index in [9.17, 15) is 26.4 Å². The van der Waals surface area contributed by atoms with E-state index in [1.165, 1.54) is 17.0 Å². The number of amides is 1. The van der Waals surface area contributed by atoms with Gasteiger partial charge < -0.3 is 9.88 Å². The average molecular weight is 506 g/mol. The van der Waals surface area contributed by atoms with Crippen molar-refractivity contribution in [1.82, 2.24) is 14.6 Å². The van der Waals surface area contributed by atoms with E-state index >= 15 is 0 Å². The van der Waals surface area contributed by atoms with Gasteiger partial charge in [-0.25, -0.2) is 4.68 Å². The molecule has 0 aliphatic rings. The third-order valence-corrected chi connectivity index (χ3v) is 6.10. The number of rotatable bonds is 5. The van der Waals surface area contributed by atoms with Gasteiger partial charge in [-0.1, -0.05) is 11.6 Å². The van der Waals surface area contributed by atoms with E-state index in [2.05, 4.69) is 14.8 Å². The maximum atomic E-state index is 12.9. The second-order valence-corrected chi connectivity index (χ2v) is 9.14. The summed E-state index contributed by atoms with van der Waals surface area (Å²) < 4.78 is 68.2. The van der Waals surface area contributed by atoms with Crippen LogP contribution in [0, 0.1) is 4.77 Å². The van der Waals surface area contributed by atoms with Crippen LogP contribution in [0.1, 0.15) is 15.9 Å². The Morgan fingerprint density at radius 1 is 1.25 bits per heavy atom. The van der Waals surface area contributed by atoms with Crippen molar-refractivity contribution in [3.8, 4) is 0 Å². The number of benzene rings is 2. The number of carbonyl (C=O) groups is 1. The smallest absolute Gasteiger partial charge is 0.368 e. The molecule has 0 fully saturated rings. The average Bonchev–Trinajstić information content (AvgIpc) is 3.00. The van der Waals surface area contributed by atoms with Crippen LogP contribution < -0.4 is 5.43 Å². The Hall–Kier alpha value is -2.90. The highest BCUT2D eigenvalue weighted by Crippen LogP contribution is 2.31. The van der Waals surface area contributed by atoms with Crippen molar-refractivity contribution in [2.24, 2.45) is 4.40 Å². The largest absolute Gasteiger partial charge is 0.416 e. The molecule has 8 nitrogen and oxygen atoms in total. The predicted molar refractivity (Wildman–Crippen MR) is 117 cm³/mol. The van der Waals surface area contributed by atoms with E-state index in [0.29, 0.717) is 0 Å². The number of aromatic amines is 1. The lowest BCUT2D eigenvalue weighted by Gasteiger charge is -2.10. The van der Waals surface area contributed by atoms with Crippen LogP contribution in [-0.4, -0.2) is 49.3 Å². The maximum Gasteiger partial charge on any atom is 0.416 e. The van der Waals surface area contributed by atoms with Gasteiger partial charge in [0.1, 0.15) is 11.2 Å². The Kier molecular flexibility index (Phi) is 6.36. The van der Waals surface area contributed by atoms with E-state index in [1.54, 1.807) is 14.1 Å². The molecule has 0 bridgehead atoms. The molecular formula is C18H15ClF3N5O3S2. The number of carbonyl (C=O) groups excluding carboxylic acids is 1. The SMILES string of the molecule is CN(C)C=NS(=O)(=O)c1cc(C(=O)Nn2c(=S)[nH]c3cc(C(F)(F)F)ccc32)ccc1Cl. The van der Waals surface area contributed by atoms with Crippen LogP contribution in [0.2, 0.25) is 5.02 Å². The predicted octanol–water partition coefficient (Wildman–Crippen LogP) is 4.03. The number of fused-ring (bicyclic) bond motifs is 1. The Morgan fingerprint density at radius 2 is 1.94 bits per heavy atom. The number of sulfonamides is 1. The molecule has 32 heavy (non-hydrogen) atoms. The quantitative estimate of drug-likeness (QED) is 0.310. The van der Waals surface area contributed by atoms with Gasteiger partial charge in [0, 0.05) is 19.7 Å². The minimum Gasteiger partial charge on any atom is -0.368 e. The minimum absolute atomic E-state index is 0.0579. The molecule has 2 N–H and O–H groups in total. The highest BCUT2D eigenvalue weighted by Gasteiger charge is 2.31. The van der Waals surface area contributed by atoms with E-state index in [-0.39, 0.29) is 31.3 Å². The van der Waals surface area contributed by atoms with Crippen LogP contribution in [0.4, 0.5) is 13.2 Å². The number of aromatic nitrogens is 2. The zero-order valence-corrected chi connectivity index (χ0v) is 18.8. The van der Waals surface area contributed by atoms with Gasteiger partial charge in [-0.3, -0.25) is 10.2 Å². The fraction of sp³-hybridized carbons (Fsp3) is 0.167. The lowest BCUT2D eigenvalue weighted by Crippen LogP contribution is -2.23. The van der Waals surface area contributed by atoms with Crippen LogP contribution in [0.25, 0.3) is 11.0 Å². The molecule has 1 aromatic heterocycles. The van der Waals surface area contributed by atoms with Crippen molar-refractivity contribution in [3.63, 3.8) is 0 Å².